The van der Waals surface area contributed by atoms with Crippen molar-refractivity contribution in [2.75, 3.05) is 57.9 Å². The number of fused-ring (bicyclic) bond motifs is 4. The average molecular weight is 1410 g/mol. The van der Waals surface area contributed by atoms with E-state index in [-0.39, 0.29) is 76.5 Å². The van der Waals surface area contributed by atoms with Crippen molar-refractivity contribution in [3.8, 4) is 5.75 Å². The van der Waals surface area contributed by atoms with Crippen molar-refractivity contribution >= 4 is 110 Å². The Hall–Kier alpha value is -7.75. The molecule has 1 saturated carbocycles. The monoisotopic (exact) mass is 1410 g/mol. The SMILES string of the molecule is CCC(=O)N[C@H](C(=O)NCC(=O)N[C@H]1CS(=O)c2[nH]c3c(CSCCCCNC(=O)CCCCCNC(=O)C4CCC(CN5C(=O)CC(C)C5=O)CC4)c(OC)ccc3c2C[C@@H](C(N)=O)NC(=O)[C@H]([C@@H](C)[C@@H](O)CO)NC(=O)[C@@H]2C[C@@H](O)CN2C(=O)[C@H](CC(N)=O)NC1=O)[C@@H](C)CC. The van der Waals surface area contributed by atoms with Crippen molar-refractivity contribution in [1.82, 2.24) is 57.3 Å². The minimum absolute atomic E-state index is 0.00170. The van der Waals surface area contributed by atoms with Gasteiger partial charge in [-0.25, -0.2) is 0 Å². The number of aliphatic hydroxyl groups excluding tert-OH is 3. The highest BCUT2D eigenvalue weighted by Crippen LogP contribution is 2.37. The summed E-state index contributed by atoms with van der Waals surface area (Å²) in [7, 11) is -1.03. The number of amides is 13. The third kappa shape index (κ3) is 21.9. The number of imide groups is 1. The summed E-state index contributed by atoms with van der Waals surface area (Å²) in [4.78, 5) is 180. The van der Waals surface area contributed by atoms with Gasteiger partial charge in [-0.05, 0) is 86.7 Å². The maximum absolute atomic E-state index is 15.3. The number of aliphatic hydroxyl groups is 3. The summed E-state index contributed by atoms with van der Waals surface area (Å²) in [6.45, 7) is 7.30. The molecular formula is C65H99N13O18S2. The van der Waals surface area contributed by atoms with Gasteiger partial charge in [-0.1, -0.05) is 47.5 Å². The molecule has 33 heteroatoms. The predicted molar refractivity (Wildman–Crippen MR) is 359 cm³/mol. The maximum Gasteiger partial charge on any atom is 0.246 e. The molecule has 12 atom stereocenters. The first kappa shape index (κ1) is 79.2. The molecule has 31 nitrogen and oxygen atoms in total. The molecule has 0 bridgehead atoms. The number of unbranched alkanes of at least 4 members (excludes halogenated alkanes) is 3. The second-order valence-electron chi connectivity index (χ2n) is 26.0. The zero-order chi connectivity index (χ0) is 72.1. The van der Waals surface area contributed by atoms with Crippen LogP contribution in [0.3, 0.4) is 0 Å². The number of likely N-dealkylation sites (tertiary alicyclic amines) is 1. The van der Waals surface area contributed by atoms with Crippen LogP contribution in [-0.4, -0.2) is 218 Å². The van der Waals surface area contributed by atoms with E-state index in [4.69, 9.17) is 16.2 Å². The first-order chi connectivity index (χ1) is 46.6. The minimum Gasteiger partial charge on any atom is -0.496 e. The summed E-state index contributed by atoms with van der Waals surface area (Å²) in [5.41, 5.74) is 12.6. The highest BCUT2D eigenvalue weighted by molar-refractivity contribution is 7.98. The number of H-pyrrole nitrogens is 1. The van der Waals surface area contributed by atoms with Gasteiger partial charge in [0.05, 0.1) is 61.0 Å². The van der Waals surface area contributed by atoms with E-state index >= 15 is 4.21 Å². The number of carbonyl (C=O) groups is 13. The van der Waals surface area contributed by atoms with Gasteiger partial charge in [-0.3, -0.25) is 71.4 Å². The number of nitrogens with two attached hydrogens (primary N) is 2. The highest BCUT2D eigenvalue weighted by Gasteiger charge is 2.45. The molecule has 544 valence electrons. The number of benzene rings is 1. The molecule has 0 spiro atoms. The van der Waals surface area contributed by atoms with Crippen molar-refractivity contribution in [2.45, 2.75) is 197 Å². The Labute approximate surface area is 576 Å². The number of hydrogen-bond acceptors (Lipinski definition) is 19. The Morgan fingerprint density at radius 3 is 2.18 bits per heavy atom. The Bertz CT molecular complexity index is 3250. The van der Waals surface area contributed by atoms with Gasteiger partial charge in [0, 0.05) is 92.7 Å². The third-order valence-corrected chi connectivity index (χ3v) is 21.2. The molecular weight excluding hydrogens is 1310 g/mol. The molecule has 16 N–H and O–H groups in total. The summed E-state index contributed by atoms with van der Waals surface area (Å²) >= 11 is 1.50. The van der Waals surface area contributed by atoms with Gasteiger partial charge in [0.15, 0.2) is 0 Å². The van der Waals surface area contributed by atoms with E-state index in [1.54, 1.807) is 39.8 Å². The number of aromatic nitrogens is 1. The number of aromatic amines is 1. The molecule has 1 aliphatic carbocycles. The number of ether oxygens (including phenoxy) is 1. The molecule has 13 amide bonds. The molecule has 4 aliphatic rings. The maximum atomic E-state index is 15.3. The van der Waals surface area contributed by atoms with Crippen LogP contribution < -0.4 is 58.7 Å². The molecule has 2 unspecified atom stereocenters. The van der Waals surface area contributed by atoms with E-state index in [1.807, 2.05) is 0 Å². The van der Waals surface area contributed by atoms with Crippen LogP contribution in [0.4, 0.5) is 0 Å². The quantitative estimate of drug-likeness (QED) is 0.0291. The van der Waals surface area contributed by atoms with Crippen LogP contribution in [0.2, 0.25) is 0 Å². The smallest absolute Gasteiger partial charge is 0.246 e. The minimum atomic E-state index is -2.46. The van der Waals surface area contributed by atoms with Gasteiger partial charge in [-0.15, -0.1) is 0 Å². The molecule has 2 aromatic rings. The summed E-state index contributed by atoms with van der Waals surface area (Å²) in [6, 6.07) is -6.67. The fraction of sp³-hybridized carbons (Fsp3) is 0.677. The number of primary amides is 2. The second-order valence-corrected chi connectivity index (χ2v) is 28.5. The number of hydrogen-bond donors (Lipinski definition) is 14. The second kappa shape index (κ2) is 38.0. The standard InChI is InChI=1S/C65H99N13O18S2/c1-7-34(3)54(74-50(83)8-2)61(91)70-28-52(85)71-45-33-98(95)63-41(26-43(57(67)87)72-62(92)55(36(5)47(81)31-79)75-60(90)46-25-39(80)30-77(46)65(94)44(27-49(66)82)73-59(45)89)40-19-20-48(96-6)42(56(40)76-63)32-97-23-13-12-21-68-51(84)14-10-9-11-22-69-58(88)38-17-15-37(16-18-38)29-78-53(86)24-35(4)64(78)93/h19-20,34-39,43-47,54-55,76,79-81H,7-18,21-33H2,1-6H3,(H2,66,82)(H2,67,87)(H,68,84)(H,69,88)(H,70,91)(H,71,85)(H,72,92)(H,73,89)(H,74,83)(H,75,90)/t34-,35?,36-,37?,38?,39+,43-,44-,45-,46-,47-,54-,55-,98?/m0/s1. The Morgan fingerprint density at radius 2 is 1.54 bits per heavy atom. The lowest BCUT2D eigenvalue weighted by Crippen LogP contribution is -2.61. The van der Waals surface area contributed by atoms with Crippen LogP contribution in [0.15, 0.2) is 17.2 Å². The van der Waals surface area contributed by atoms with E-state index in [9.17, 15) is 77.6 Å². The van der Waals surface area contributed by atoms with E-state index in [0.717, 1.165) is 24.2 Å². The normalized spacial score (nSPS) is 24.7. The van der Waals surface area contributed by atoms with Crippen LogP contribution in [0.25, 0.3) is 10.9 Å². The van der Waals surface area contributed by atoms with Crippen molar-refractivity contribution in [3.63, 3.8) is 0 Å². The van der Waals surface area contributed by atoms with Crippen LogP contribution >= 0.6 is 11.8 Å². The third-order valence-electron chi connectivity index (χ3n) is 18.7. The molecule has 1 aromatic heterocycles. The van der Waals surface area contributed by atoms with Crippen molar-refractivity contribution < 1.29 is 86.6 Å². The lowest BCUT2D eigenvalue weighted by Gasteiger charge is -2.32. The number of nitrogens with one attached hydrogen (secondary N) is 9. The Balaban J connectivity index is 1.18. The van der Waals surface area contributed by atoms with E-state index in [0.29, 0.717) is 99.0 Å². The fourth-order valence-electron chi connectivity index (χ4n) is 12.6. The number of thioether (sulfide) groups is 1. The van der Waals surface area contributed by atoms with Gasteiger partial charge in [0.2, 0.25) is 76.8 Å². The summed E-state index contributed by atoms with van der Waals surface area (Å²) in [5, 5.41) is 52.9. The van der Waals surface area contributed by atoms with E-state index in [2.05, 4.69) is 47.5 Å². The number of nitrogens with zero attached hydrogens (tertiary/aromatic N) is 2. The van der Waals surface area contributed by atoms with Crippen LogP contribution in [0.5, 0.6) is 5.75 Å². The molecule has 0 radical (unpaired) electrons. The summed E-state index contributed by atoms with van der Waals surface area (Å²) < 4.78 is 21.1. The lowest BCUT2D eigenvalue weighted by atomic mass is 9.81. The molecule has 98 heavy (non-hydrogen) atoms. The predicted octanol–water partition coefficient (Wildman–Crippen LogP) is -1.84. The zero-order valence-electron chi connectivity index (χ0n) is 56.7. The molecule has 4 heterocycles. The summed E-state index contributed by atoms with van der Waals surface area (Å²) in [6.07, 6.45) is 2.55. The molecule has 3 aliphatic heterocycles. The van der Waals surface area contributed by atoms with Crippen molar-refractivity contribution in [1.29, 1.82) is 0 Å². The first-order valence-electron chi connectivity index (χ1n) is 33.8. The van der Waals surface area contributed by atoms with Crippen LogP contribution in [0.1, 0.15) is 142 Å². The van der Waals surface area contributed by atoms with E-state index in [1.165, 1.54) is 30.7 Å². The molecule has 3 fully saturated rings. The van der Waals surface area contributed by atoms with Gasteiger partial charge in [-0.2, -0.15) is 11.8 Å². The fourth-order valence-corrected chi connectivity index (χ4v) is 15.0. The molecule has 1 aromatic carbocycles. The Morgan fingerprint density at radius 1 is 0.837 bits per heavy atom. The average Bonchev–Trinajstić information content (AvgIpc) is 1.62. The lowest BCUT2D eigenvalue weighted by molar-refractivity contribution is -0.144. The van der Waals surface area contributed by atoms with Crippen molar-refractivity contribution in [3.05, 3.63) is 23.3 Å². The van der Waals surface area contributed by atoms with Gasteiger partial charge < -0.3 is 83.9 Å². The largest absolute Gasteiger partial charge is 0.496 e. The number of rotatable bonds is 31. The summed E-state index contributed by atoms with van der Waals surface area (Å²) in [5.74, 6) is -10.7. The van der Waals surface area contributed by atoms with Crippen LogP contribution in [-0.2, 0) is 85.3 Å². The highest BCUT2D eigenvalue weighted by atomic mass is 32.2. The van der Waals surface area contributed by atoms with Gasteiger partial charge >= 0.3 is 0 Å². The Kier molecular flexibility index (Phi) is 30.7. The van der Waals surface area contributed by atoms with E-state index < -0.39 is 163 Å². The zero-order valence-corrected chi connectivity index (χ0v) is 58.3. The number of methoxy groups -OCH3 is 1. The molecule has 6 rings (SSSR count). The van der Waals surface area contributed by atoms with Gasteiger partial charge in [0.1, 0.15) is 47.0 Å². The topological polar surface area (TPSA) is 479 Å². The van der Waals surface area contributed by atoms with Gasteiger partial charge in [0.25, 0.3) is 0 Å². The molecule has 2 saturated heterocycles. The first-order valence-corrected chi connectivity index (χ1v) is 36.3. The number of carbonyl (C=O) groups excluding carboxylic acids is 13. The van der Waals surface area contributed by atoms with Crippen molar-refractivity contribution in [2.24, 2.45) is 41.1 Å². The van der Waals surface area contributed by atoms with Crippen LogP contribution in [0, 0.1) is 29.6 Å².